The predicted octanol–water partition coefficient (Wildman–Crippen LogP) is 0.480. The van der Waals surface area contributed by atoms with Crippen LogP contribution in [0.3, 0.4) is 0 Å². The van der Waals surface area contributed by atoms with Crippen LogP contribution in [0.1, 0.15) is 19.8 Å². The zero-order chi connectivity index (χ0) is 8.81. The minimum Gasteiger partial charge on any atom is -0.393 e. The fourth-order valence-electron chi connectivity index (χ4n) is 1.48. The smallest absolute Gasteiger partial charge is 0.0593 e. The number of hydrogen-bond donors (Lipinski definition) is 1. The van der Waals surface area contributed by atoms with E-state index in [4.69, 9.17) is 4.74 Å². The van der Waals surface area contributed by atoms with Crippen LogP contribution in [0.25, 0.3) is 0 Å². The van der Waals surface area contributed by atoms with Gasteiger partial charge in [-0.1, -0.05) is 0 Å². The molecule has 0 aromatic rings. The monoisotopic (exact) mass is 173 g/mol. The maximum atomic E-state index is 9.24. The summed E-state index contributed by atoms with van der Waals surface area (Å²) in [5.41, 5.74) is 0. The van der Waals surface area contributed by atoms with Crippen LogP contribution in [0.4, 0.5) is 0 Å². The molecule has 0 spiro atoms. The number of rotatable bonds is 4. The molecule has 1 aliphatic heterocycles. The first-order valence-corrected chi connectivity index (χ1v) is 4.81. The minimum absolute atomic E-state index is 0.0617. The number of aliphatic hydroxyl groups is 1. The molecule has 12 heavy (non-hydrogen) atoms. The van der Waals surface area contributed by atoms with Gasteiger partial charge in [-0.05, 0) is 19.8 Å². The van der Waals surface area contributed by atoms with Crippen LogP contribution in [0.15, 0.2) is 0 Å². The first-order chi connectivity index (χ1) is 5.83. The van der Waals surface area contributed by atoms with E-state index in [2.05, 4.69) is 4.90 Å². The summed E-state index contributed by atoms with van der Waals surface area (Å²) in [7, 11) is 0. The van der Waals surface area contributed by atoms with Crippen molar-refractivity contribution in [1.82, 2.24) is 4.90 Å². The summed E-state index contributed by atoms with van der Waals surface area (Å²) in [4.78, 5) is 2.35. The van der Waals surface area contributed by atoms with Gasteiger partial charge in [0.05, 0.1) is 12.7 Å². The minimum atomic E-state index is -0.0617. The Balaban J connectivity index is 2.01. The Labute approximate surface area is 74.3 Å². The molecule has 1 aliphatic rings. The summed E-state index contributed by atoms with van der Waals surface area (Å²) >= 11 is 0. The van der Waals surface area contributed by atoms with E-state index in [1.807, 2.05) is 6.92 Å². The lowest BCUT2D eigenvalue weighted by Crippen LogP contribution is -2.37. The molecule has 1 N–H and O–H groups in total. The quantitative estimate of drug-likeness (QED) is 0.628. The first-order valence-electron chi connectivity index (χ1n) is 4.81. The van der Waals surface area contributed by atoms with E-state index in [0.717, 1.165) is 45.7 Å². The third-order valence-electron chi connectivity index (χ3n) is 2.31. The van der Waals surface area contributed by atoms with Crippen molar-refractivity contribution >= 4 is 0 Å². The zero-order valence-corrected chi connectivity index (χ0v) is 7.83. The highest BCUT2D eigenvalue weighted by Crippen LogP contribution is 2.08. The molecule has 0 radical (unpaired) electrons. The summed E-state index contributed by atoms with van der Waals surface area (Å²) in [6.07, 6.45) is 1.78. The maximum Gasteiger partial charge on any atom is 0.0593 e. The van der Waals surface area contributed by atoms with Gasteiger partial charge in [0.2, 0.25) is 0 Å². The van der Waals surface area contributed by atoms with Crippen molar-refractivity contribution in [1.29, 1.82) is 0 Å². The molecule has 72 valence electrons. The number of likely N-dealkylation sites (tertiary alicyclic amines) is 1. The van der Waals surface area contributed by atoms with Crippen LogP contribution < -0.4 is 0 Å². The number of aliphatic hydroxyl groups excluding tert-OH is 1. The average molecular weight is 173 g/mol. The van der Waals surface area contributed by atoms with E-state index in [0.29, 0.717) is 0 Å². The van der Waals surface area contributed by atoms with E-state index in [-0.39, 0.29) is 6.10 Å². The van der Waals surface area contributed by atoms with Gasteiger partial charge in [0.15, 0.2) is 0 Å². The highest BCUT2D eigenvalue weighted by atomic mass is 16.5. The molecule has 3 heteroatoms. The van der Waals surface area contributed by atoms with E-state index in [1.54, 1.807) is 0 Å². The van der Waals surface area contributed by atoms with E-state index in [9.17, 15) is 5.11 Å². The maximum absolute atomic E-state index is 9.24. The number of nitrogens with zero attached hydrogens (tertiary/aromatic N) is 1. The molecule has 0 aromatic carbocycles. The van der Waals surface area contributed by atoms with Crippen molar-refractivity contribution in [2.75, 3.05) is 32.8 Å². The van der Waals surface area contributed by atoms with E-state index in [1.165, 1.54) is 0 Å². The molecular weight excluding hydrogens is 154 g/mol. The average Bonchev–Trinajstić information content (AvgIpc) is 2.09. The zero-order valence-electron chi connectivity index (χ0n) is 7.83. The summed E-state index contributed by atoms with van der Waals surface area (Å²) < 4.78 is 5.26. The van der Waals surface area contributed by atoms with Gasteiger partial charge in [0.25, 0.3) is 0 Å². The van der Waals surface area contributed by atoms with Crippen LogP contribution in [0.5, 0.6) is 0 Å². The molecule has 1 rings (SSSR count). The molecule has 0 aliphatic carbocycles. The Morgan fingerprint density at radius 3 is 2.67 bits per heavy atom. The largest absolute Gasteiger partial charge is 0.393 e. The molecule has 0 bridgehead atoms. The molecular formula is C9H19NO2. The second kappa shape index (κ2) is 5.51. The third-order valence-corrected chi connectivity index (χ3v) is 2.31. The van der Waals surface area contributed by atoms with Crippen molar-refractivity contribution in [3.8, 4) is 0 Å². The number of ether oxygens (including phenoxy) is 1. The van der Waals surface area contributed by atoms with Crippen LogP contribution in [0, 0.1) is 0 Å². The lowest BCUT2D eigenvalue weighted by atomic mass is 10.1. The Morgan fingerprint density at radius 2 is 2.08 bits per heavy atom. The van der Waals surface area contributed by atoms with Gasteiger partial charge in [0.1, 0.15) is 0 Å². The van der Waals surface area contributed by atoms with Gasteiger partial charge < -0.3 is 14.7 Å². The molecule has 1 fully saturated rings. The van der Waals surface area contributed by atoms with Crippen molar-refractivity contribution in [2.24, 2.45) is 0 Å². The van der Waals surface area contributed by atoms with Crippen molar-refractivity contribution in [3.05, 3.63) is 0 Å². The van der Waals surface area contributed by atoms with E-state index >= 15 is 0 Å². The molecule has 3 nitrogen and oxygen atoms in total. The normalized spacial score (nSPS) is 21.5. The van der Waals surface area contributed by atoms with Gasteiger partial charge >= 0.3 is 0 Å². The summed E-state index contributed by atoms with van der Waals surface area (Å²) in [6.45, 7) is 6.70. The van der Waals surface area contributed by atoms with Crippen LogP contribution in [-0.2, 0) is 4.74 Å². The van der Waals surface area contributed by atoms with Crippen molar-refractivity contribution in [2.45, 2.75) is 25.9 Å². The van der Waals surface area contributed by atoms with Crippen LogP contribution >= 0.6 is 0 Å². The summed E-state index contributed by atoms with van der Waals surface area (Å²) in [6, 6.07) is 0. The van der Waals surface area contributed by atoms with Crippen molar-refractivity contribution in [3.63, 3.8) is 0 Å². The van der Waals surface area contributed by atoms with Gasteiger partial charge in [-0.25, -0.2) is 0 Å². The number of piperidine rings is 1. The topological polar surface area (TPSA) is 32.7 Å². The molecule has 1 heterocycles. The standard InChI is InChI=1S/C9H19NO2/c1-2-12-8-7-10-5-3-9(11)4-6-10/h9,11H,2-8H2,1H3. The molecule has 0 saturated carbocycles. The Morgan fingerprint density at radius 1 is 1.42 bits per heavy atom. The predicted molar refractivity (Wildman–Crippen MR) is 48.2 cm³/mol. The van der Waals surface area contributed by atoms with Crippen LogP contribution in [0.2, 0.25) is 0 Å². The van der Waals surface area contributed by atoms with Gasteiger partial charge in [0, 0.05) is 26.2 Å². The Hall–Kier alpha value is -0.120. The fourth-order valence-corrected chi connectivity index (χ4v) is 1.48. The molecule has 0 unspecified atom stereocenters. The van der Waals surface area contributed by atoms with Crippen molar-refractivity contribution < 1.29 is 9.84 Å². The van der Waals surface area contributed by atoms with Gasteiger partial charge in [-0.3, -0.25) is 0 Å². The lowest BCUT2D eigenvalue weighted by molar-refractivity contribution is 0.0586. The second-order valence-electron chi connectivity index (χ2n) is 3.27. The molecule has 0 aromatic heterocycles. The van der Waals surface area contributed by atoms with Gasteiger partial charge in [-0.15, -0.1) is 0 Å². The first kappa shape index (κ1) is 9.96. The number of hydrogen-bond acceptors (Lipinski definition) is 3. The Bertz CT molecular complexity index is 111. The molecule has 1 saturated heterocycles. The fraction of sp³-hybridized carbons (Fsp3) is 1.00. The lowest BCUT2D eigenvalue weighted by Gasteiger charge is -2.29. The highest BCUT2D eigenvalue weighted by molar-refractivity contribution is 4.70. The highest BCUT2D eigenvalue weighted by Gasteiger charge is 2.15. The third kappa shape index (κ3) is 3.52. The molecule has 0 amide bonds. The summed E-state index contributed by atoms with van der Waals surface area (Å²) in [5, 5.41) is 9.24. The van der Waals surface area contributed by atoms with E-state index < -0.39 is 0 Å². The second-order valence-corrected chi connectivity index (χ2v) is 3.27. The SMILES string of the molecule is CCOCCN1CCC(O)CC1. The Kier molecular flexibility index (Phi) is 4.58. The van der Waals surface area contributed by atoms with Gasteiger partial charge in [-0.2, -0.15) is 0 Å². The summed E-state index contributed by atoms with van der Waals surface area (Å²) in [5.74, 6) is 0. The molecule has 0 atom stereocenters. The van der Waals surface area contributed by atoms with Crippen LogP contribution in [-0.4, -0.2) is 49.0 Å².